The van der Waals surface area contributed by atoms with Crippen molar-refractivity contribution in [2.45, 2.75) is 168 Å². The number of fused-ring (bicyclic) bond motifs is 8. The number of alkyl halides is 40. The van der Waals surface area contributed by atoms with Crippen LogP contribution in [-0.2, 0) is 40.5 Å². The van der Waals surface area contributed by atoms with E-state index in [0.29, 0.717) is 52.0 Å². The summed E-state index contributed by atoms with van der Waals surface area (Å²) in [5.74, 6) is -61.3. The molecule has 4 heterocycles. The van der Waals surface area contributed by atoms with Crippen molar-refractivity contribution in [1.82, 2.24) is 0 Å². The fourth-order valence-electron chi connectivity index (χ4n) is 14.9. The molecule has 0 atom stereocenters. The molecule has 0 N–H and O–H groups in total. The molecule has 0 saturated heterocycles. The van der Waals surface area contributed by atoms with Crippen LogP contribution in [0, 0.1) is 52.9 Å². The average molecular weight is 1710 g/mol. The number of rotatable bonds is 10. The average Bonchev–Trinajstić information content (AvgIpc) is 1.45. The fraction of sp³-hybridized carbons (Fsp3) is 0.422. The van der Waals surface area contributed by atoms with E-state index in [1.807, 2.05) is 0 Å². The Bertz CT molecular complexity index is 4040. The zero-order valence-electron chi connectivity index (χ0n) is 55.1. The van der Waals surface area contributed by atoms with Crippen LogP contribution < -0.4 is 31.8 Å². The van der Waals surface area contributed by atoms with E-state index >= 15 is 70.2 Å². The number of hydrogen-bond acceptors (Lipinski definition) is 5. The minimum absolute atomic E-state index is 0.0309. The Morgan fingerprint density at radius 1 is 0.252 bits per heavy atom. The van der Waals surface area contributed by atoms with Gasteiger partial charge in [0.25, 0.3) is 0 Å². The first-order valence-electron chi connectivity index (χ1n) is 29.8. The molecular weight excluding hydrogens is 1670 g/mol. The fourth-order valence-corrected chi connectivity index (χ4v) is 28.0. The van der Waals surface area contributed by atoms with Crippen molar-refractivity contribution in [3.63, 3.8) is 0 Å². The molecule has 47 heteroatoms. The van der Waals surface area contributed by atoms with Crippen molar-refractivity contribution < 1.29 is 194 Å². The van der Waals surface area contributed by atoms with Crippen molar-refractivity contribution in [2.75, 3.05) is 0 Å². The second-order valence-electron chi connectivity index (χ2n) is 25.4. The van der Waals surface area contributed by atoms with E-state index in [4.69, 9.17) is 23.4 Å². The standard InChI is InChI=1S/2C31H19F20O2P.C2H3N/c2*1-14-12-15(2)21(16(3)13-14)54(19-10-6-4-8-17(19)22(52-54,24(32,33)28(40,41)42)25(34,35)29(43,44)45)20-11-7-5-9-18(20)23(53-54,26(36,37)30(46,47)48)27(38,39)31(49,50)51;1-2-3/h2*4-13H,1-3H3;1H3. The van der Waals surface area contributed by atoms with Gasteiger partial charge in [0.15, 0.2) is 0 Å². The van der Waals surface area contributed by atoms with Crippen LogP contribution in [0.3, 0.4) is 0 Å². The third kappa shape index (κ3) is 10.7. The molecule has 0 saturated carbocycles. The molecule has 6 aromatic rings. The number of aryl methyl sites for hydroxylation is 6. The topological polar surface area (TPSA) is 60.7 Å². The molecule has 5 nitrogen and oxygen atoms in total. The van der Waals surface area contributed by atoms with Crippen LogP contribution in [0.1, 0.15) is 62.6 Å². The zero-order valence-corrected chi connectivity index (χ0v) is 56.9. The van der Waals surface area contributed by atoms with Crippen molar-refractivity contribution >= 4 is 45.9 Å². The molecule has 0 bridgehead atoms. The summed E-state index contributed by atoms with van der Waals surface area (Å²) in [6, 6.07) is 5.54. The maximum atomic E-state index is 16.1. The van der Waals surface area contributed by atoms with Crippen LogP contribution in [0.2, 0.25) is 0 Å². The third-order valence-corrected chi connectivity index (χ3v) is 29.2. The molecule has 4 aliphatic heterocycles. The van der Waals surface area contributed by atoms with Gasteiger partial charge >= 0.3 is 577 Å². The van der Waals surface area contributed by atoms with E-state index in [1.54, 1.807) is 6.07 Å². The molecule has 0 aliphatic carbocycles. The van der Waals surface area contributed by atoms with E-state index in [9.17, 15) is 105 Å². The first kappa shape index (κ1) is 89.3. The Labute approximate surface area is 594 Å². The van der Waals surface area contributed by atoms with Gasteiger partial charge in [-0.3, -0.25) is 0 Å². The van der Waals surface area contributed by atoms with Crippen LogP contribution >= 0.6 is 14.1 Å². The van der Waals surface area contributed by atoms with Gasteiger partial charge < -0.3 is 0 Å². The molecule has 2 spiro atoms. The Balaban J connectivity index is 0.000000269. The first-order chi connectivity index (χ1) is 49.5. The van der Waals surface area contributed by atoms with Gasteiger partial charge in [-0.05, 0) is 0 Å². The van der Waals surface area contributed by atoms with Crippen molar-refractivity contribution in [1.29, 1.82) is 5.26 Å². The van der Waals surface area contributed by atoms with Gasteiger partial charge in [-0.1, -0.05) is 0 Å². The summed E-state index contributed by atoms with van der Waals surface area (Å²) in [4.78, 5) is 0. The van der Waals surface area contributed by atoms with Crippen molar-refractivity contribution in [3.05, 3.63) is 177 Å². The zero-order chi connectivity index (χ0) is 85.8. The molecule has 616 valence electrons. The molecule has 6 aromatic carbocycles. The first-order valence-corrected chi connectivity index (χ1v) is 33.9. The Morgan fingerprint density at radius 2 is 0.378 bits per heavy atom. The molecule has 111 heavy (non-hydrogen) atoms. The molecule has 10 rings (SSSR count). The van der Waals surface area contributed by atoms with Crippen LogP contribution in [0.15, 0.2) is 121 Å². The van der Waals surface area contributed by atoms with Gasteiger partial charge in [-0.25, -0.2) is 0 Å². The number of nitriles is 1. The Morgan fingerprint density at radius 3 is 0.505 bits per heavy atom. The van der Waals surface area contributed by atoms with E-state index in [2.05, 4.69) is 0 Å². The van der Waals surface area contributed by atoms with E-state index in [-0.39, 0.29) is 83.9 Å². The van der Waals surface area contributed by atoms with Gasteiger partial charge in [0.1, 0.15) is 0 Å². The van der Waals surface area contributed by atoms with Gasteiger partial charge in [0.05, 0.1) is 6.07 Å². The second-order valence-corrected chi connectivity index (χ2v) is 32.8. The van der Waals surface area contributed by atoms with Gasteiger partial charge in [0, 0.05) is 6.92 Å². The molecule has 0 fully saturated rings. The van der Waals surface area contributed by atoms with Gasteiger partial charge in [-0.2, -0.15) is 5.26 Å². The van der Waals surface area contributed by atoms with E-state index in [0.717, 1.165) is 38.1 Å². The predicted molar refractivity (Wildman–Crippen MR) is 309 cm³/mol. The SMILES string of the molecule is CC#N.Cc1cc(C)c(P23(OC(C(F)(F)C(F)(F)F)(C(F)(F)C(F)(F)F)c4ccccc42)OC(C(F)(F)C(F)(F)F)(C(F)(F)C(F)(F)F)c2ccccc23)c(C)c1.Cc1cc(C)c(P23(OC(C(F)(F)C(F)(F)F)(C(F)(F)C(F)(F)F)c4ccccc42)OC(C(F)(F)C(F)(F)F)(C(F)(F)C(F)(F)F)c2ccccc23)c(C)c1. The summed E-state index contributed by atoms with van der Waals surface area (Å²) < 4.78 is 622. The summed E-state index contributed by atoms with van der Waals surface area (Å²) in [6.07, 6.45) is -60.9. The quantitative estimate of drug-likeness (QED) is 0.101. The summed E-state index contributed by atoms with van der Waals surface area (Å²) in [7, 11) is -16.7. The molecule has 4 aliphatic rings. The van der Waals surface area contributed by atoms with Crippen molar-refractivity contribution in [3.8, 4) is 6.07 Å². The summed E-state index contributed by atoms with van der Waals surface area (Å²) in [5, 5.41) is -4.24. The van der Waals surface area contributed by atoms with Crippen LogP contribution in [0.25, 0.3) is 0 Å². The van der Waals surface area contributed by atoms with Gasteiger partial charge in [-0.15, -0.1) is 0 Å². The minimum atomic E-state index is -8.36. The summed E-state index contributed by atoms with van der Waals surface area (Å²) >= 11 is 0. The maximum absolute atomic E-state index is 16.1. The number of nitrogens with zero attached hydrogens (tertiary/aromatic N) is 1. The van der Waals surface area contributed by atoms with Crippen LogP contribution in [-0.4, -0.2) is 96.8 Å². The predicted octanol–water partition coefficient (Wildman–Crippen LogP) is 21.6. The van der Waals surface area contributed by atoms with Crippen molar-refractivity contribution in [2.24, 2.45) is 0 Å². The number of benzene rings is 6. The second kappa shape index (κ2) is 25.1. The van der Waals surface area contributed by atoms with Crippen LogP contribution in [0.4, 0.5) is 176 Å². The summed E-state index contributed by atoms with van der Waals surface area (Å²) in [5.41, 5.74) is -41.4. The monoisotopic (exact) mass is 1710 g/mol. The summed E-state index contributed by atoms with van der Waals surface area (Å²) in [6.45, 7) is 6.47. The molecular formula is C64H41F40NO4P2. The number of halogens is 40. The molecule has 0 unspecified atom stereocenters. The molecule has 0 radical (unpaired) electrons. The number of hydrogen-bond donors (Lipinski definition) is 0. The Hall–Kier alpha value is -7.29. The molecule has 0 aromatic heterocycles. The normalized spacial score (nSPS) is 20.2. The van der Waals surface area contributed by atoms with E-state index < -0.39 is 210 Å². The van der Waals surface area contributed by atoms with Gasteiger partial charge in [0.2, 0.25) is 0 Å². The Kier molecular flexibility index (Phi) is 20.2. The third-order valence-electron chi connectivity index (χ3n) is 18.6. The molecule has 0 amide bonds. The van der Waals surface area contributed by atoms with Crippen LogP contribution in [0.5, 0.6) is 0 Å². The van der Waals surface area contributed by atoms with E-state index in [1.165, 1.54) is 6.92 Å².